The van der Waals surface area contributed by atoms with Crippen LogP contribution in [0.5, 0.6) is 0 Å². The molecule has 1 aromatic heterocycles. The fraction of sp³-hybridized carbons (Fsp3) is 0.643. The second-order valence-corrected chi connectivity index (χ2v) is 5.40. The number of anilines is 1. The Kier molecular flexibility index (Phi) is 3.60. The number of nitrogens with one attached hydrogen (secondary N) is 1. The van der Waals surface area contributed by atoms with Gasteiger partial charge in [0.2, 0.25) is 5.95 Å². The molecule has 0 aromatic carbocycles. The van der Waals surface area contributed by atoms with Crippen molar-refractivity contribution < 1.29 is 0 Å². The van der Waals surface area contributed by atoms with E-state index < -0.39 is 0 Å². The predicted molar refractivity (Wildman–Crippen MR) is 72.7 cm³/mol. The maximum absolute atomic E-state index is 8.92. The molecule has 2 saturated heterocycles. The van der Waals surface area contributed by atoms with Crippen LogP contribution < -0.4 is 10.2 Å². The maximum atomic E-state index is 8.92. The first-order valence-corrected chi connectivity index (χ1v) is 7.08. The summed E-state index contributed by atoms with van der Waals surface area (Å²) in [5, 5.41) is 12.5. The van der Waals surface area contributed by atoms with Crippen molar-refractivity contribution >= 4 is 5.95 Å². The molecule has 0 amide bonds. The minimum Gasteiger partial charge on any atom is -0.340 e. The van der Waals surface area contributed by atoms with Crippen molar-refractivity contribution in [2.45, 2.75) is 31.7 Å². The summed E-state index contributed by atoms with van der Waals surface area (Å²) in [4.78, 5) is 10.9. The van der Waals surface area contributed by atoms with Gasteiger partial charge in [-0.2, -0.15) is 5.26 Å². The van der Waals surface area contributed by atoms with Crippen LogP contribution in [0.2, 0.25) is 0 Å². The van der Waals surface area contributed by atoms with Gasteiger partial charge in [-0.15, -0.1) is 0 Å². The van der Waals surface area contributed by atoms with Crippen LogP contribution in [-0.4, -0.2) is 35.6 Å². The summed E-state index contributed by atoms with van der Waals surface area (Å²) < 4.78 is 0. The summed E-state index contributed by atoms with van der Waals surface area (Å²) in [7, 11) is 0. The summed E-state index contributed by atoms with van der Waals surface area (Å²) in [6.07, 6.45) is 6.73. The molecule has 3 rings (SSSR count). The van der Waals surface area contributed by atoms with Gasteiger partial charge in [-0.3, -0.25) is 0 Å². The lowest BCUT2D eigenvalue weighted by Crippen LogP contribution is -2.44. The molecule has 19 heavy (non-hydrogen) atoms. The lowest BCUT2D eigenvalue weighted by Gasteiger charge is -2.35. The van der Waals surface area contributed by atoms with Crippen molar-refractivity contribution in [2.24, 2.45) is 5.92 Å². The molecule has 0 bridgehead atoms. The van der Waals surface area contributed by atoms with E-state index in [2.05, 4.69) is 26.3 Å². The van der Waals surface area contributed by atoms with Crippen molar-refractivity contribution in [3.05, 3.63) is 18.0 Å². The van der Waals surface area contributed by atoms with Gasteiger partial charge in [0.25, 0.3) is 0 Å². The fourth-order valence-corrected chi connectivity index (χ4v) is 3.20. The van der Waals surface area contributed by atoms with Crippen LogP contribution in [0.25, 0.3) is 0 Å². The van der Waals surface area contributed by atoms with E-state index in [0.717, 1.165) is 19.6 Å². The van der Waals surface area contributed by atoms with Crippen molar-refractivity contribution in [1.29, 1.82) is 5.26 Å². The normalized spacial score (nSPS) is 27.2. The fourth-order valence-electron chi connectivity index (χ4n) is 3.20. The second-order valence-electron chi connectivity index (χ2n) is 5.40. The largest absolute Gasteiger partial charge is 0.340 e. The van der Waals surface area contributed by atoms with Crippen LogP contribution in [0.1, 0.15) is 31.4 Å². The Balaban J connectivity index is 1.72. The van der Waals surface area contributed by atoms with Gasteiger partial charge in [0.05, 0.1) is 0 Å². The molecule has 5 heteroatoms. The molecule has 2 unspecified atom stereocenters. The first kappa shape index (κ1) is 12.4. The second kappa shape index (κ2) is 5.54. The molecule has 5 nitrogen and oxygen atoms in total. The Hall–Kier alpha value is -1.67. The first-order chi connectivity index (χ1) is 9.36. The highest BCUT2D eigenvalue weighted by molar-refractivity contribution is 5.34. The average molecular weight is 257 g/mol. The van der Waals surface area contributed by atoms with Gasteiger partial charge in [-0.05, 0) is 44.2 Å². The van der Waals surface area contributed by atoms with E-state index in [4.69, 9.17) is 5.26 Å². The third-order valence-electron chi connectivity index (χ3n) is 4.17. The zero-order chi connectivity index (χ0) is 13.1. The molecule has 3 heterocycles. The Morgan fingerprint density at radius 1 is 1.37 bits per heavy atom. The zero-order valence-electron chi connectivity index (χ0n) is 11.0. The number of rotatable bonds is 2. The molecule has 0 spiro atoms. The Bertz CT molecular complexity index is 475. The summed E-state index contributed by atoms with van der Waals surface area (Å²) in [6.45, 7) is 3.16. The van der Waals surface area contributed by atoms with Gasteiger partial charge < -0.3 is 10.2 Å². The predicted octanol–water partition coefficient (Wildman–Crippen LogP) is 1.32. The lowest BCUT2D eigenvalue weighted by molar-refractivity contribution is 0.327. The van der Waals surface area contributed by atoms with E-state index in [-0.39, 0.29) is 0 Å². The van der Waals surface area contributed by atoms with Gasteiger partial charge in [0, 0.05) is 25.3 Å². The monoisotopic (exact) mass is 257 g/mol. The van der Waals surface area contributed by atoms with E-state index in [9.17, 15) is 0 Å². The topological polar surface area (TPSA) is 64.8 Å². The van der Waals surface area contributed by atoms with E-state index in [1.807, 2.05) is 0 Å². The highest BCUT2D eigenvalue weighted by atomic mass is 15.3. The van der Waals surface area contributed by atoms with Crippen LogP contribution >= 0.6 is 0 Å². The van der Waals surface area contributed by atoms with E-state index >= 15 is 0 Å². The van der Waals surface area contributed by atoms with E-state index in [1.54, 1.807) is 12.3 Å². The highest BCUT2D eigenvalue weighted by Crippen LogP contribution is 2.26. The zero-order valence-corrected chi connectivity index (χ0v) is 11.0. The summed E-state index contributed by atoms with van der Waals surface area (Å²) in [6, 6.07) is 4.39. The van der Waals surface area contributed by atoms with Gasteiger partial charge in [-0.25, -0.2) is 9.97 Å². The van der Waals surface area contributed by atoms with E-state index in [1.165, 1.54) is 25.7 Å². The molecule has 2 aliphatic rings. The van der Waals surface area contributed by atoms with Crippen LogP contribution in [0.3, 0.4) is 0 Å². The highest BCUT2D eigenvalue weighted by Gasteiger charge is 2.29. The van der Waals surface area contributed by atoms with Gasteiger partial charge in [-0.1, -0.05) is 0 Å². The van der Waals surface area contributed by atoms with Crippen molar-refractivity contribution in [1.82, 2.24) is 15.3 Å². The van der Waals surface area contributed by atoms with Crippen molar-refractivity contribution in [3.63, 3.8) is 0 Å². The van der Waals surface area contributed by atoms with Crippen LogP contribution in [0.15, 0.2) is 12.3 Å². The average Bonchev–Trinajstić information content (AvgIpc) is 3.02. The van der Waals surface area contributed by atoms with Crippen LogP contribution in [-0.2, 0) is 0 Å². The third kappa shape index (κ3) is 2.69. The number of nitriles is 1. The van der Waals surface area contributed by atoms with E-state index in [0.29, 0.717) is 23.6 Å². The Morgan fingerprint density at radius 3 is 3.11 bits per heavy atom. The number of aromatic nitrogens is 2. The standard InChI is InChI=1S/C14H19N5/c15-9-12-5-7-17-14(18-12)19-8-2-3-11(10-19)13-4-1-6-16-13/h5,7,11,13,16H,1-4,6,8,10H2. The van der Waals surface area contributed by atoms with Crippen molar-refractivity contribution in [3.8, 4) is 6.07 Å². The van der Waals surface area contributed by atoms with Gasteiger partial charge in [0.15, 0.2) is 0 Å². The SMILES string of the molecule is N#Cc1ccnc(N2CCCC(C3CCCN3)C2)n1. The summed E-state index contributed by atoms with van der Waals surface area (Å²) in [5.41, 5.74) is 0.450. The molecule has 2 aliphatic heterocycles. The first-order valence-electron chi connectivity index (χ1n) is 7.08. The number of piperidine rings is 1. The van der Waals surface area contributed by atoms with Crippen LogP contribution in [0.4, 0.5) is 5.95 Å². The Morgan fingerprint density at radius 2 is 2.32 bits per heavy atom. The molecular formula is C14H19N5. The summed E-state index contributed by atoms with van der Waals surface area (Å²) >= 11 is 0. The molecule has 1 aromatic rings. The molecule has 0 aliphatic carbocycles. The molecule has 2 atom stereocenters. The molecular weight excluding hydrogens is 238 g/mol. The van der Waals surface area contributed by atoms with Gasteiger partial charge in [0.1, 0.15) is 11.8 Å². The van der Waals surface area contributed by atoms with Crippen molar-refractivity contribution in [2.75, 3.05) is 24.5 Å². The Labute approximate surface area is 113 Å². The number of hydrogen-bond acceptors (Lipinski definition) is 5. The summed E-state index contributed by atoms with van der Waals surface area (Å²) in [5.74, 6) is 1.40. The molecule has 100 valence electrons. The maximum Gasteiger partial charge on any atom is 0.226 e. The number of hydrogen-bond donors (Lipinski definition) is 1. The lowest BCUT2D eigenvalue weighted by atomic mass is 9.90. The minimum atomic E-state index is 0.450. The van der Waals surface area contributed by atoms with Crippen LogP contribution in [0, 0.1) is 17.2 Å². The van der Waals surface area contributed by atoms with Gasteiger partial charge >= 0.3 is 0 Å². The smallest absolute Gasteiger partial charge is 0.226 e. The molecule has 1 N–H and O–H groups in total. The third-order valence-corrected chi connectivity index (χ3v) is 4.17. The molecule has 0 saturated carbocycles. The molecule has 2 fully saturated rings. The molecule has 0 radical (unpaired) electrons. The minimum absolute atomic E-state index is 0.450. The quantitative estimate of drug-likeness (QED) is 0.865. The number of nitrogens with zero attached hydrogens (tertiary/aromatic N) is 4.